The van der Waals surface area contributed by atoms with E-state index in [2.05, 4.69) is 213 Å². The zero-order chi connectivity index (χ0) is 40.5. The standard InChI is InChI=1S/C58H39NO2/c1-57(2)45-22-8-3-16-38(45)41-32-30-36(34-49(41)57)59(51-26-12-6-19-42(51)43-21-15-29-55-56(43)44-20-7-13-27-52(44)60-55)37-31-33-54-50(35-37)58(48-25-11-14-28-53(48)61-54)46-23-9-4-17-39(46)40-18-5-10-24-47(40)58/h3-35H,1-2H3. The Morgan fingerprint density at radius 2 is 0.902 bits per heavy atom. The van der Waals surface area contributed by atoms with Crippen LogP contribution in [0.1, 0.15) is 47.2 Å². The van der Waals surface area contributed by atoms with E-state index >= 15 is 0 Å². The molecule has 0 atom stereocenters. The van der Waals surface area contributed by atoms with Gasteiger partial charge in [0.1, 0.15) is 22.7 Å². The van der Waals surface area contributed by atoms with Crippen LogP contribution in [0.5, 0.6) is 11.5 Å². The largest absolute Gasteiger partial charge is 0.457 e. The minimum atomic E-state index is -0.596. The molecule has 3 aliphatic rings. The summed E-state index contributed by atoms with van der Waals surface area (Å²) in [6.07, 6.45) is 0. The first-order chi connectivity index (χ1) is 30.0. The second-order valence-electron chi connectivity index (χ2n) is 17.1. The summed E-state index contributed by atoms with van der Waals surface area (Å²) in [4.78, 5) is 2.47. The van der Waals surface area contributed by atoms with Crippen LogP contribution in [0.3, 0.4) is 0 Å². The van der Waals surface area contributed by atoms with Gasteiger partial charge in [-0.2, -0.15) is 0 Å². The van der Waals surface area contributed by atoms with Crippen LogP contribution in [0.25, 0.3) is 55.3 Å². The van der Waals surface area contributed by atoms with Gasteiger partial charge in [-0.1, -0.05) is 159 Å². The summed E-state index contributed by atoms with van der Waals surface area (Å²) in [5.74, 6) is 1.75. The van der Waals surface area contributed by atoms with Crippen LogP contribution in [0, 0.1) is 0 Å². The lowest BCUT2D eigenvalue weighted by Gasteiger charge is -2.40. The molecular formula is C58H39NO2. The van der Waals surface area contributed by atoms with Crippen LogP contribution in [-0.4, -0.2) is 0 Å². The van der Waals surface area contributed by atoms with Crippen molar-refractivity contribution in [3.63, 3.8) is 0 Å². The van der Waals surface area contributed by atoms with E-state index in [0.717, 1.165) is 72.8 Å². The van der Waals surface area contributed by atoms with Crippen LogP contribution in [0.2, 0.25) is 0 Å². The molecule has 1 aromatic heterocycles. The minimum Gasteiger partial charge on any atom is -0.457 e. The number of ether oxygens (including phenoxy) is 1. The third kappa shape index (κ3) is 4.58. The van der Waals surface area contributed by atoms with E-state index in [0.29, 0.717) is 0 Å². The summed E-state index contributed by atoms with van der Waals surface area (Å²) in [5.41, 5.74) is 19.1. The minimum absolute atomic E-state index is 0.177. The fraction of sp³-hybridized carbons (Fsp3) is 0.0690. The molecule has 3 heteroatoms. The van der Waals surface area contributed by atoms with Gasteiger partial charge in [-0.3, -0.25) is 0 Å². The first kappa shape index (κ1) is 34.3. The monoisotopic (exact) mass is 781 g/mol. The first-order valence-electron chi connectivity index (χ1n) is 21.2. The van der Waals surface area contributed by atoms with Crippen molar-refractivity contribution in [2.45, 2.75) is 24.7 Å². The third-order valence-corrected chi connectivity index (χ3v) is 13.8. The number of anilines is 3. The van der Waals surface area contributed by atoms with Gasteiger partial charge in [-0.25, -0.2) is 0 Å². The Kier molecular flexibility index (Phi) is 6.99. The molecule has 0 bridgehead atoms. The Morgan fingerprint density at radius 3 is 1.67 bits per heavy atom. The van der Waals surface area contributed by atoms with Crippen LogP contribution in [0.4, 0.5) is 17.1 Å². The molecule has 0 N–H and O–H groups in total. The fourth-order valence-corrected chi connectivity index (χ4v) is 11.1. The van der Waals surface area contributed by atoms with Crippen molar-refractivity contribution >= 4 is 39.0 Å². The van der Waals surface area contributed by atoms with Crippen LogP contribution < -0.4 is 9.64 Å². The molecule has 61 heavy (non-hydrogen) atoms. The van der Waals surface area contributed by atoms with Crippen molar-refractivity contribution in [3.05, 3.63) is 234 Å². The van der Waals surface area contributed by atoms with E-state index in [9.17, 15) is 0 Å². The summed E-state index contributed by atoms with van der Waals surface area (Å²) in [6.45, 7) is 4.72. The molecule has 1 aliphatic heterocycles. The Balaban J connectivity index is 1.10. The highest BCUT2D eigenvalue weighted by molar-refractivity contribution is 6.14. The summed E-state index contributed by atoms with van der Waals surface area (Å²) < 4.78 is 13.4. The zero-order valence-corrected chi connectivity index (χ0v) is 33.8. The van der Waals surface area contributed by atoms with Crippen molar-refractivity contribution < 1.29 is 9.15 Å². The molecule has 0 radical (unpaired) electrons. The summed E-state index contributed by atoms with van der Waals surface area (Å²) in [6, 6.07) is 72.9. The molecule has 288 valence electrons. The quantitative estimate of drug-likeness (QED) is 0.178. The Bertz CT molecular complexity index is 3410. The number of hydrogen-bond donors (Lipinski definition) is 0. The van der Waals surface area contributed by atoms with Gasteiger partial charge in [-0.15, -0.1) is 0 Å². The fourth-order valence-electron chi connectivity index (χ4n) is 11.1. The molecule has 0 saturated carbocycles. The average Bonchev–Trinajstić information content (AvgIpc) is 3.91. The van der Waals surface area contributed by atoms with Crippen molar-refractivity contribution in [1.82, 2.24) is 0 Å². The van der Waals surface area contributed by atoms with Gasteiger partial charge in [0.15, 0.2) is 0 Å². The number of furan rings is 1. The number of rotatable bonds is 4. The van der Waals surface area contributed by atoms with Crippen LogP contribution in [-0.2, 0) is 10.8 Å². The van der Waals surface area contributed by atoms with E-state index in [4.69, 9.17) is 9.15 Å². The Hall–Kier alpha value is -7.62. The van der Waals surface area contributed by atoms with Crippen LogP contribution >= 0.6 is 0 Å². The number of hydrogen-bond acceptors (Lipinski definition) is 3. The predicted molar refractivity (Wildman–Crippen MR) is 249 cm³/mol. The molecule has 1 spiro atoms. The second-order valence-corrected chi connectivity index (χ2v) is 17.1. The molecule has 2 heterocycles. The first-order valence-corrected chi connectivity index (χ1v) is 21.2. The van der Waals surface area contributed by atoms with Crippen molar-refractivity contribution in [1.29, 1.82) is 0 Å². The SMILES string of the molecule is CC1(C)c2ccccc2-c2ccc(N(c3ccc4c(c3)C3(c5ccccc5O4)c4ccccc4-c4ccccc43)c3ccccc3-c3cccc4oc5ccccc5c34)cc21. The van der Waals surface area contributed by atoms with E-state index in [1.54, 1.807) is 0 Å². The molecule has 0 unspecified atom stereocenters. The van der Waals surface area contributed by atoms with E-state index in [-0.39, 0.29) is 5.41 Å². The number of para-hydroxylation sites is 3. The number of benzene rings is 9. The molecule has 10 aromatic rings. The third-order valence-electron chi connectivity index (χ3n) is 13.8. The van der Waals surface area contributed by atoms with Gasteiger partial charge in [-0.05, 0) is 105 Å². The van der Waals surface area contributed by atoms with Gasteiger partial charge in [0.25, 0.3) is 0 Å². The molecule has 0 saturated heterocycles. The lowest BCUT2D eigenvalue weighted by Crippen LogP contribution is -2.32. The predicted octanol–water partition coefficient (Wildman–Crippen LogP) is 15.5. The highest BCUT2D eigenvalue weighted by Crippen LogP contribution is 2.63. The van der Waals surface area contributed by atoms with E-state index < -0.39 is 5.41 Å². The maximum absolute atomic E-state index is 6.91. The zero-order valence-electron chi connectivity index (χ0n) is 33.8. The molecular weight excluding hydrogens is 743 g/mol. The van der Waals surface area contributed by atoms with Crippen molar-refractivity contribution in [3.8, 4) is 44.9 Å². The summed E-state index contributed by atoms with van der Waals surface area (Å²) in [7, 11) is 0. The number of nitrogens with zero attached hydrogens (tertiary/aromatic N) is 1. The van der Waals surface area contributed by atoms with E-state index in [1.807, 2.05) is 6.07 Å². The lowest BCUT2D eigenvalue weighted by atomic mass is 9.66. The number of fused-ring (bicyclic) bond motifs is 15. The van der Waals surface area contributed by atoms with Gasteiger partial charge in [0.05, 0.1) is 11.1 Å². The highest BCUT2D eigenvalue weighted by atomic mass is 16.5. The van der Waals surface area contributed by atoms with Gasteiger partial charge >= 0.3 is 0 Å². The molecule has 2 aliphatic carbocycles. The highest BCUT2D eigenvalue weighted by Gasteiger charge is 2.51. The van der Waals surface area contributed by atoms with Crippen molar-refractivity contribution in [2.24, 2.45) is 0 Å². The Morgan fingerprint density at radius 1 is 0.377 bits per heavy atom. The van der Waals surface area contributed by atoms with E-state index in [1.165, 1.54) is 44.5 Å². The molecule has 13 rings (SSSR count). The lowest BCUT2D eigenvalue weighted by molar-refractivity contribution is 0.436. The average molecular weight is 782 g/mol. The molecule has 3 nitrogen and oxygen atoms in total. The summed E-state index contributed by atoms with van der Waals surface area (Å²) >= 11 is 0. The molecule has 0 fully saturated rings. The van der Waals surface area contributed by atoms with Crippen molar-refractivity contribution in [2.75, 3.05) is 4.90 Å². The maximum Gasteiger partial charge on any atom is 0.136 e. The second kappa shape index (κ2) is 12.5. The molecule has 0 amide bonds. The normalized spacial score (nSPS) is 14.5. The van der Waals surface area contributed by atoms with Gasteiger partial charge in [0.2, 0.25) is 0 Å². The summed E-state index contributed by atoms with van der Waals surface area (Å²) in [5, 5.41) is 2.22. The topological polar surface area (TPSA) is 25.6 Å². The smallest absolute Gasteiger partial charge is 0.136 e. The Labute approximate surface area is 354 Å². The van der Waals surface area contributed by atoms with Crippen LogP contribution in [0.15, 0.2) is 205 Å². The maximum atomic E-state index is 6.91. The van der Waals surface area contributed by atoms with Gasteiger partial charge in [0, 0.05) is 44.3 Å². The van der Waals surface area contributed by atoms with Gasteiger partial charge < -0.3 is 14.1 Å². The molecule has 9 aromatic carbocycles.